The normalized spacial score (nSPS) is 15.2. The zero-order valence-electron chi connectivity index (χ0n) is 18.7. The monoisotopic (exact) mass is 422 g/mol. The van der Waals surface area contributed by atoms with Crippen LogP contribution in [0.2, 0.25) is 0 Å². The fourth-order valence-corrected chi connectivity index (χ4v) is 4.11. The molecule has 1 atom stereocenters. The Morgan fingerprint density at radius 2 is 1.71 bits per heavy atom. The molecule has 3 rings (SSSR count). The lowest BCUT2D eigenvalue weighted by Crippen LogP contribution is -2.52. The molecule has 5 heteroatoms. The van der Waals surface area contributed by atoms with Gasteiger partial charge in [0.2, 0.25) is 5.91 Å². The summed E-state index contributed by atoms with van der Waals surface area (Å²) < 4.78 is 5.74. The largest absolute Gasteiger partial charge is 0.484 e. The molecule has 1 N–H and O–H groups in total. The van der Waals surface area contributed by atoms with E-state index in [0.717, 1.165) is 36.8 Å². The fourth-order valence-electron chi connectivity index (χ4n) is 4.11. The summed E-state index contributed by atoms with van der Waals surface area (Å²) in [4.78, 5) is 28.0. The van der Waals surface area contributed by atoms with Crippen LogP contribution in [-0.2, 0) is 16.1 Å². The Morgan fingerprint density at radius 3 is 2.35 bits per heavy atom. The van der Waals surface area contributed by atoms with Gasteiger partial charge in [-0.05, 0) is 43.9 Å². The topological polar surface area (TPSA) is 58.6 Å². The van der Waals surface area contributed by atoms with E-state index in [1.807, 2.05) is 68.4 Å². The van der Waals surface area contributed by atoms with Gasteiger partial charge < -0.3 is 15.0 Å². The SMILES string of the molecule is CC[C@@H](C(=O)NC1CCCCC1)N(Cc1ccccc1)C(=O)COc1ccc(C)cc1. The summed E-state index contributed by atoms with van der Waals surface area (Å²) in [7, 11) is 0. The van der Waals surface area contributed by atoms with Crippen molar-refractivity contribution in [1.82, 2.24) is 10.2 Å². The summed E-state index contributed by atoms with van der Waals surface area (Å²) in [5.74, 6) is 0.405. The molecule has 1 fully saturated rings. The number of nitrogens with zero attached hydrogens (tertiary/aromatic N) is 1. The molecule has 0 aromatic heterocycles. The van der Waals surface area contributed by atoms with Crippen molar-refractivity contribution in [2.45, 2.75) is 71.0 Å². The van der Waals surface area contributed by atoms with E-state index in [0.29, 0.717) is 18.7 Å². The number of benzene rings is 2. The van der Waals surface area contributed by atoms with E-state index in [2.05, 4.69) is 5.32 Å². The average molecular weight is 423 g/mol. The van der Waals surface area contributed by atoms with Crippen LogP contribution in [0.15, 0.2) is 54.6 Å². The number of hydrogen-bond donors (Lipinski definition) is 1. The Balaban J connectivity index is 1.72. The number of amides is 2. The molecule has 166 valence electrons. The number of nitrogens with one attached hydrogen (secondary N) is 1. The van der Waals surface area contributed by atoms with Crippen molar-refractivity contribution in [3.05, 3.63) is 65.7 Å². The summed E-state index contributed by atoms with van der Waals surface area (Å²) in [5, 5.41) is 3.20. The van der Waals surface area contributed by atoms with Crippen LogP contribution in [0.1, 0.15) is 56.6 Å². The van der Waals surface area contributed by atoms with Crippen LogP contribution < -0.4 is 10.1 Å². The van der Waals surface area contributed by atoms with Crippen molar-refractivity contribution in [2.24, 2.45) is 0 Å². The molecular formula is C26H34N2O3. The molecule has 1 saturated carbocycles. The quantitative estimate of drug-likeness (QED) is 0.641. The molecule has 0 bridgehead atoms. The van der Waals surface area contributed by atoms with Gasteiger partial charge in [-0.25, -0.2) is 0 Å². The molecule has 1 aliphatic rings. The van der Waals surface area contributed by atoms with E-state index in [1.54, 1.807) is 4.90 Å². The Kier molecular flexibility index (Phi) is 8.51. The highest BCUT2D eigenvalue weighted by Crippen LogP contribution is 2.19. The van der Waals surface area contributed by atoms with Crippen molar-refractivity contribution in [3.63, 3.8) is 0 Å². The van der Waals surface area contributed by atoms with Gasteiger partial charge in [0.15, 0.2) is 6.61 Å². The highest BCUT2D eigenvalue weighted by Gasteiger charge is 2.30. The second kappa shape index (κ2) is 11.5. The minimum absolute atomic E-state index is 0.0611. The van der Waals surface area contributed by atoms with Gasteiger partial charge in [-0.2, -0.15) is 0 Å². The van der Waals surface area contributed by atoms with E-state index in [-0.39, 0.29) is 24.5 Å². The van der Waals surface area contributed by atoms with Gasteiger partial charge in [0.05, 0.1) is 0 Å². The number of carbonyl (C=O) groups is 2. The van der Waals surface area contributed by atoms with Gasteiger partial charge in [-0.15, -0.1) is 0 Å². The Hall–Kier alpha value is -2.82. The van der Waals surface area contributed by atoms with E-state index in [1.165, 1.54) is 6.42 Å². The molecule has 0 saturated heterocycles. The fraction of sp³-hybridized carbons (Fsp3) is 0.462. The number of ether oxygens (including phenoxy) is 1. The Morgan fingerprint density at radius 1 is 1.03 bits per heavy atom. The van der Waals surface area contributed by atoms with E-state index in [9.17, 15) is 9.59 Å². The van der Waals surface area contributed by atoms with E-state index < -0.39 is 6.04 Å². The second-order valence-corrected chi connectivity index (χ2v) is 8.38. The number of carbonyl (C=O) groups excluding carboxylic acids is 2. The zero-order chi connectivity index (χ0) is 22.1. The molecule has 0 spiro atoms. The summed E-state index contributed by atoms with van der Waals surface area (Å²) in [5.41, 5.74) is 2.13. The smallest absolute Gasteiger partial charge is 0.261 e. The van der Waals surface area contributed by atoms with Crippen LogP contribution >= 0.6 is 0 Å². The highest BCUT2D eigenvalue weighted by molar-refractivity contribution is 5.88. The lowest BCUT2D eigenvalue weighted by atomic mass is 9.95. The third-order valence-electron chi connectivity index (χ3n) is 5.92. The molecule has 1 aliphatic carbocycles. The highest BCUT2D eigenvalue weighted by atomic mass is 16.5. The van der Waals surface area contributed by atoms with Gasteiger partial charge in [0.25, 0.3) is 5.91 Å². The molecule has 2 amide bonds. The first-order valence-electron chi connectivity index (χ1n) is 11.4. The summed E-state index contributed by atoms with van der Waals surface area (Å²) in [6.45, 7) is 4.25. The van der Waals surface area contributed by atoms with E-state index in [4.69, 9.17) is 4.74 Å². The number of hydrogen-bond acceptors (Lipinski definition) is 3. The van der Waals surface area contributed by atoms with Crippen molar-refractivity contribution in [1.29, 1.82) is 0 Å². The molecule has 31 heavy (non-hydrogen) atoms. The Bertz CT molecular complexity index is 829. The predicted octanol–water partition coefficient (Wildman–Crippen LogP) is 4.63. The third-order valence-corrected chi connectivity index (χ3v) is 5.92. The maximum Gasteiger partial charge on any atom is 0.261 e. The summed E-state index contributed by atoms with van der Waals surface area (Å²) in [6, 6.07) is 17.1. The molecule has 0 radical (unpaired) electrons. The molecule has 2 aromatic carbocycles. The van der Waals surface area contributed by atoms with Crippen LogP contribution in [-0.4, -0.2) is 35.4 Å². The first kappa shape index (κ1) is 22.9. The van der Waals surface area contributed by atoms with Gasteiger partial charge in [-0.1, -0.05) is 74.2 Å². The molecule has 0 unspecified atom stereocenters. The zero-order valence-corrected chi connectivity index (χ0v) is 18.7. The van der Waals surface area contributed by atoms with Crippen molar-refractivity contribution in [2.75, 3.05) is 6.61 Å². The number of rotatable bonds is 9. The van der Waals surface area contributed by atoms with Gasteiger partial charge in [0, 0.05) is 12.6 Å². The first-order chi connectivity index (χ1) is 15.1. The van der Waals surface area contributed by atoms with Crippen LogP contribution in [0.5, 0.6) is 5.75 Å². The van der Waals surface area contributed by atoms with E-state index >= 15 is 0 Å². The standard InChI is InChI=1S/C26H34N2O3/c1-3-24(26(30)27-22-12-8-5-9-13-22)28(18-21-10-6-4-7-11-21)25(29)19-31-23-16-14-20(2)15-17-23/h4,6-7,10-11,14-17,22,24H,3,5,8-9,12-13,18-19H2,1-2H3,(H,27,30)/t24-/m0/s1. The lowest BCUT2D eigenvalue weighted by Gasteiger charge is -2.32. The second-order valence-electron chi connectivity index (χ2n) is 8.38. The van der Waals surface area contributed by atoms with Crippen molar-refractivity contribution in [3.8, 4) is 5.75 Å². The maximum atomic E-state index is 13.2. The van der Waals surface area contributed by atoms with Crippen molar-refractivity contribution < 1.29 is 14.3 Å². The minimum atomic E-state index is -0.517. The van der Waals surface area contributed by atoms with Crippen molar-refractivity contribution >= 4 is 11.8 Å². The molecule has 2 aromatic rings. The van der Waals surface area contributed by atoms with Crippen LogP contribution in [0.25, 0.3) is 0 Å². The molecule has 0 aliphatic heterocycles. The van der Waals surface area contributed by atoms with Gasteiger partial charge in [-0.3, -0.25) is 9.59 Å². The Labute approximate surface area is 185 Å². The number of aryl methyl sites for hydroxylation is 1. The minimum Gasteiger partial charge on any atom is -0.484 e. The van der Waals surface area contributed by atoms with Crippen LogP contribution in [0.4, 0.5) is 0 Å². The van der Waals surface area contributed by atoms with Crippen LogP contribution in [0, 0.1) is 6.92 Å². The summed E-state index contributed by atoms with van der Waals surface area (Å²) in [6.07, 6.45) is 6.13. The average Bonchev–Trinajstić information content (AvgIpc) is 2.79. The van der Waals surface area contributed by atoms with Gasteiger partial charge in [0.1, 0.15) is 11.8 Å². The lowest BCUT2D eigenvalue weighted by molar-refractivity contribution is -0.143. The molecular weight excluding hydrogens is 388 g/mol. The molecule has 5 nitrogen and oxygen atoms in total. The maximum absolute atomic E-state index is 13.2. The first-order valence-corrected chi connectivity index (χ1v) is 11.4. The summed E-state index contributed by atoms with van der Waals surface area (Å²) >= 11 is 0. The predicted molar refractivity (Wildman–Crippen MR) is 123 cm³/mol. The van der Waals surface area contributed by atoms with Crippen LogP contribution in [0.3, 0.4) is 0 Å². The third kappa shape index (κ3) is 6.84. The van der Waals surface area contributed by atoms with Gasteiger partial charge >= 0.3 is 0 Å². The molecule has 0 heterocycles.